The van der Waals surface area contributed by atoms with E-state index in [2.05, 4.69) is 0 Å². The predicted molar refractivity (Wildman–Crippen MR) is 51.9 cm³/mol. The summed E-state index contributed by atoms with van der Waals surface area (Å²) < 4.78 is 0. The molecule has 0 amide bonds. The second-order valence-electron chi connectivity index (χ2n) is 3.06. The maximum Gasteiger partial charge on any atom is 0.321 e. The Bertz CT molecular complexity index is 299. The summed E-state index contributed by atoms with van der Waals surface area (Å²) in [6, 6.07) is 7.83. The molecule has 0 spiro atoms. The number of carboxylic acid groups (broad SMARTS) is 1. The maximum absolute atomic E-state index is 10.6. The van der Waals surface area contributed by atoms with Crippen molar-refractivity contribution in [1.82, 2.24) is 0 Å². The topological polar surface area (TPSA) is 83.6 Å². The molecule has 4 N–H and O–H groups in total. The van der Waals surface area contributed by atoms with Crippen molar-refractivity contribution in [2.45, 2.75) is 12.0 Å². The van der Waals surface area contributed by atoms with Crippen molar-refractivity contribution in [2.24, 2.45) is 5.73 Å². The van der Waals surface area contributed by atoms with E-state index in [1.165, 1.54) is 0 Å². The molecular formula is C10H13NO3. The lowest BCUT2D eigenvalue weighted by molar-refractivity contribution is -0.139. The van der Waals surface area contributed by atoms with E-state index in [0.29, 0.717) is 0 Å². The Balaban J connectivity index is 2.87. The highest BCUT2D eigenvalue weighted by Gasteiger charge is 2.24. The summed E-state index contributed by atoms with van der Waals surface area (Å²) in [6.07, 6.45) is 0. The smallest absolute Gasteiger partial charge is 0.321 e. The van der Waals surface area contributed by atoms with Gasteiger partial charge in [-0.25, -0.2) is 0 Å². The first-order chi connectivity index (χ1) is 6.66. The number of aliphatic hydroxyl groups is 1. The second-order valence-corrected chi connectivity index (χ2v) is 3.06. The molecule has 2 atom stereocenters. The highest BCUT2D eigenvalue weighted by Crippen LogP contribution is 2.17. The van der Waals surface area contributed by atoms with E-state index in [1.807, 2.05) is 6.07 Å². The van der Waals surface area contributed by atoms with E-state index >= 15 is 0 Å². The van der Waals surface area contributed by atoms with Gasteiger partial charge in [0.1, 0.15) is 6.04 Å². The minimum Gasteiger partial charge on any atom is -0.480 e. The van der Waals surface area contributed by atoms with Gasteiger partial charge in [-0.2, -0.15) is 0 Å². The molecule has 0 aliphatic carbocycles. The SMILES string of the molecule is N[C@H](C(=O)O)C(CO)c1ccccc1. The van der Waals surface area contributed by atoms with Crippen LogP contribution < -0.4 is 5.73 Å². The van der Waals surface area contributed by atoms with Gasteiger partial charge in [-0.15, -0.1) is 0 Å². The van der Waals surface area contributed by atoms with Gasteiger partial charge in [0.15, 0.2) is 0 Å². The van der Waals surface area contributed by atoms with Gasteiger partial charge >= 0.3 is 5.97 Å². The monoisotopic (exact) mass is 195 g/mol. The zero-order valence-corrected chi connectivity index (χ0v) is 7.63. The minimum atomic E-state index is -1.10. The first-order valence-electron chi connectivity index (χ1n) is 4.31. The number of hydrogen-bond acceptors (Lipinski definition) is 3. The lowest BCUT2D eigenvalue weighted by Crippen LogP contribution is -2.38. The van der Waals surface area contributed by atoms with E-state index in [1.54, 1.807) is 24.3 Å². The molecule has 4 heteroatoms. The fraction of sp³-hybridized carbons (Fsp3) is 0.300. The van der Waals surface area contributed by atoms with E-state index in [0.717, 1.165) is 5.56 Å². The van der Waals surface area contributed by atoms with Gasteiger partial charge in [-0.05, 0) is 5.56 Å². The molecule has 1 rings (SSSR count). The molecule has 0 radical (unpaired) electrons. The number of benzene rings is 1. The molecule has 76 valence electrons. The highest BCUT2D eigenvalue weighted by atomic mass is 16.4. The number of rotatable bonds is 4. The van der Waals surface area contributed by atoms with Crippen molar-refractivity contribution in [1.29, 1.82) is 0 Å². The minimum absolute atomic E-state index is 0.266. The molecule has 0 aromatic heterocycles. The number of aliphatic carboxylic acids is 1. The van der Waals surface area contributed by atoms with Gasteiger partial charge in [0.25, 0.3) is 0 Å². The van der Waals surface area contributed by atoms with E-state index in [4.69, 9.17) is 15.9 Å². The molecule has 0 aliphatic heterocycles. The Morgan fingerprint density at radius 1 is 1.36 bits per heavy atom. The molecule has 1 unspecified atom stereocenters. The average Bonchev–Trinajstić information content (AvgIpc) is 2.20. The molecule has 14 heavy (non-hydrogen) atoms. The molecule has 0 aliphatic rings. The Kier molecular flexibility index (Phi) is 3.62. The predicted octanol–water partition coefficient (Wildman–Crippen LogP) is 0.174. The van der Waals surface area contributed by atoms with Crippen molar-refractivity contribution in [2.75, 3.05) is 6.61 Å². The van der Waals surface area contributed by atoms with E-state index in [-0.39, 0.29) is 6.61 Å². The van der Waals surface area contributed by atoms with Crippen molar-refractivity contribution in [3.05, 3.63) is 35.9 Å². The molecular weight excluding hydrogens is 182 g/mol. The van der Waals surface area contributed by atoms with Crippen LogP contribution in [0.2, 0.25) is 0 Å². The largest absolute Gasteiger partial charge is 0.480 e. The van der Waals surface area contributed by atoms with Gasteiger partial charge in [-0.1, -0.05) is 30.3 Å². The number of carbonyl (C=O) groups is 1. The molecule has 0 fully saturated rings. The van der Waals surface area contributed by atoms with Crippen molar-refractivity contribution in [3.8, 4) is 0 Å². The van der Waals surface area contributed by atoms with Crippen molar-refractivity contribution < 1.29 is 15.0 Å². The number of hydrogen-bond donors (Lipinski definition) is 3. The van der Waals surface area contributed by atoms with Crippen LogP contribution >= 0.6 is 0 Å². The highest BCUT2D eigenvalue weighted by molar-refractivity contribution is 5.74. The van der Waals surface area contributed by atoms with Crippen LogP contribution in [0.5, 0.6) is 0 Å². The quantitative estimate of drug-likeness (QED) is 0.639. The van der Waals surface area contributed by atoms with Gasteiger partial charge in [0.05, 0.1) is 6.61 Å². The Hall–Kier alpha value is -1.39. The second kappa shape index (κ2) is 4.74. The Labute approximate surface area is 82.0 Å². The van der Waals surface area contributed by atoms with Gasteiger partial charge in [-0.3, -0.25) is 4.79 Å². The standard InChI is InChI=1S/C10H13NO3/c11-9(10(13)14)8(6-12)7-4-2-1-3-5-7/h1-5,8-9,12H,6,11H2,(H,13,14)/t8?,9-/m0/s1. The third-order valence-corrected chi connectivity index (χ3v) is 2.14. The summed E-state index contributed by atoms with van der Waals surface area (Å²) in [6.45, 7) is -0.266. The van der Waals surface area contributed by atoms with Gasteiger partial charge in [0.2, 0.25) is 0 Å². The zero-order chi connectivity index (χ0) is 10.6. The fourth-order valence-corrected chi connectivity index (χ4v) is 1.30. The molecule has 1 aromatic carbocycles. The van der Waals surface area contributed by atoms with Crippen LogP contribution in [0.4, 0.5) is 0 Å². The van der Waals surface area contributed by atoms with Crippen LogP contribution in [0, 0.1) is 0 Å². The average molecular weight is 195 g/mol. The van der Waals surface area contributed by atoms with Crippen molar-refractivity contribution in [3.63, 3.8) is 0 Å². The van der Waals surface area contributed by atoms with E-state index in [9.17, 15) is 4.79 Å². The lowest BCUT2D eigenvalue weighted by atomic mass is 9.93. The van der Waals surface area contributed by atoms with Crippen LogP contribution in [0.3, 0.4) is 0 Å². The molecule has 1 aromatic rings. The summed E-state index contributed by atoms with van der Waals surface area (Å²) in [5.74, 6) is -1.65. The van der Waals surface area contributed by atoms with Gasteiger partial charge < -0.3 is 15.9 Å². The number of carboxylic acids is 1. The summed E-state index contributed by atoms with van der Waals surface area (Å²) in [5.41, 5.74) is 6.18. The summed E-state index contributed by atoms with van der Waals surface area (Å²) in [7, 11) is 0. The maximum atomic E-state index is 10.6. The lowest BCUT2D eigenvalue weighted by Gasteiger charge is -2.18. The Morgan fingerprint density at radius 3 is 2.36 bits per heavy atom. The molecule has 0 bridgehead atoms. The summed E-state index contributed by atoms with van der Waals surface area (Å²) in [5, 5.41) is 17.8. The summed E-state index contributed by atoms with van der Waals surface area (Å²) >= 11 is 0. The van der Waals surface area contributed by atoms with Crippen LogP contribution in [-0.2, 0) is 4.79 Å². The first-order valence-corrected chi connectivity index (χ1v) is 4.31. The zero-order valence-electron chi connectivity index (χ0n) is 7.63. The summed E-state index contributed by atoms with van der Waals surface area (Å²) in [4.78, 5) is 10.6. The third-order valence-electron chi connectivity index (χ3n) is 2.14. The van der Waals surface area contributed by atoms with Gasteiger partial charge in [0, 0.05) is 5.92 Å². The van der Waals surface area contributed by atoms with E-state index < -0.39 is 17.9 Å². The molecule has 0 saturated heterocycles. The normalized spacial score (nSPS) is 14.7. The fourth-order valence-electron chi connectivity index (χ4n) is 1.30. The number of aliphatic hydroxyl groups excluding tert-OH is 1. The molecule has 4 nitrogen and oxygen atoms in total. The Morgan fingerprint density at radius 2 is 1.93 bits per heavy atom. The van der Waals surface area contributed by atoms with Crippen molar-refractivity contribution >= 4 is 5.97 Å². The number of nitrogens with two attached hydrogens (primary N) is 1. The van der Waals surface area contributed by atoms with Crippen LogP contribution in [-0.4, -0.2) is 28.8 Å². The molecule has 0 heterocycles. The van der Waals surface area contributed by atoms with Crippen LogP contribution in [0.15, 0.2) is 30.3 Å². The first kappa shape index (κ1) is 10.7. The van der Waals surface area contributed by atoms with Crippen LogP contribution in [0.1, 0.15) is 11.5 Å². The third kappa shape index (κ3) is 2.31. The van der Waals surface area contributed by atoms with Crippen LogP contribution in [0.25, 0.3) is 0 Å². The molecule has 0 saturated carbocycles.